The molecule has 14 heavy (non-hydrogen) atoms. The van der Waals surface area contributed by atoms with Crippen LogP contribution in [-0.2, 0) is 0 Å². The summed E-state index contributed by atoms with van der Waals surface area (Å²) in [7, 11) is 0. The van der Waals surface area contributed by atoms with Gasteiger partial charge in [-0.15, -0.1) is 0 Å². The molecule has 0 rings (SSSR count). The van der Waals surface area contributed by atoms with Gasteiger partial charge >= 0.3 is 92.4 Å². The van der Waals surface area contributed by atoms with E-state index in [1.54, 1.807) is 13.3 Å². The van der Waals surface area contributed by atoms with Gasteiger partial charge < -0.3 is 17.0 Å². The van der Waals surface area contributed by atoms with Gasteiger partial charge in [-0.3, -0.25) is 0 Å². The van der Waals surface area contributed by atoms with E-state index in [0.717, 1.165) is 11.8 Å². The van der Waals surface area contributed by atoms with Gasteiger partial charge in [-0.25, -0.2) is 0 Å². The van der Waals surface area contributed by atoms with Crippen LogP contribution >= 0.6 is 0 Å². The number of hydrogen-bond donors (Lipinski definition) is 0. The molecular weight excluding hydrogens is 343 g/mol. The van der Waals surface area contributed by atoms with Crippen molar-refractivity contribution in [2.75, 3.05) is 0 Å². The molecule has 0 unspecified atom stereocenters. The third-order valence-electron chi connectivity index (χ3n) is 2.65. The molecule has 0 bridgehead atoms. The van der Waals surface area contributed by atoms with Gasteiger partial charge in [0.25, 0.3) is 0 Å². The van der Waals surface area contributed by atoms with E-state index < -0.39 is 19.8 Å². The molecule has 0 aromatic carbocycles. The van der Waals surface area contributed by atoms with E-state index in [2.05, 4.69) is 34.6 Å². The predicted octanol–water partition coefficient (Wildman–Crippen LogP) is 1.60. The minimum atomic E-state index is -0.873. The van der Waals surface area contributed by atoms with Crippen molar-refractivity contribution in [3.8, 4) is 0 Å². The van der Waals surface area contributed by atoms with Crippen molar-refractivity contribution in [1.82, 2.24) is 0 Å². The molecule has 0 nitrogen and oxygen atoms in total. The zero-order valence-corrected chi connectivity index (χ0v) is 15.0. The molecule has 0 aliphatic carbocycles. The summed E-state index contributed by atoms with van der Waals surface area (Å²) in [6.45, 7) is 11.9. The maximum atomic E-state index is 2.43. The van der Waals surface area contributed by atoms with Crippen molar-refractivity contribution < 1.29 is 17.0 Å². The summed E-state index contributed by atoms with van der Waals surface area (Å²) in [4.78, 5) is 0. The summed E-state index contributed by atoms with van der Waals surface area (Å²) in [5, 5.41) is 0. The quantitative estimate of drug-likeness (QED) is 0.598. The first-order chi connectivity index (χ1) is 6.06. The van der Waals surface area contributed by atoms with Crippen LogP contribution in [0.15, 0.2) is 0 Å². The third-order valence-corrected chi connectivity index (χ3v) is 11.2. The Kier molecular flexibility index (Phi) is 13.6. The average Bonchev–Trinajstić information content (AvgIpc) is 2.04. The van der Waals surface area contributed by atoms with Crippen LogP contribution in [0.25, 0.3) is 0 Å². The van der Waals surface area contributed by atoms with Crippen molar-refractivity contribution in [2.24, 2.45) is 11.8 Å². The van der Waals surface area contributed by atoms with Crippen LogP contribution in [-0.4, -0.2) is 19.8 Å². The molecule has 0 atom stereocenters. The summed E-state index contributed by atoms with van der Waals surface area (Å²) in [5.41, 5.74) is 0. The fraction of sp³-hybridized carbons (Fsp3) is 1.00. The molecule has 0 N–H and O–H groups in total. The van der Waals surface area contributed by atoms with E-state index in [4.69, 9.17) is 0 Å². The van der Waals surface area contributed by atoms with Crippen LogP contribution in [0.1, 0.15) is 47.5 Å². The van der Waals surface area contributed by atoms with Crippen molar-refractivity contribution in [3.05, 3.63) is 0 Å². The fourth-order valence-corrected chi connectivity index (χ4v) is 9.82. The fourth-order valence-electron chi connectivity index (χ4n) is 1.46. The Bertz CT molecular complexity index is 101. The molecule has 0 saturated carbocycles. The molecule has 0 aliphatic heterocycles. The first-order valence-corrected chi connectivity index (χ1v) is 11.9. The predicted molar refractivity (Wildman–Crippen MR) is 64.8 cm³/mol. The maximum absolute atomic E-state index is 2.43. The molecule has 0 aliphatic rings. The zero-order chi connectivity index (χ0) is 10.3. The molecule has 0 amide bonds. The monoisotopic (exact) mass is 370 g/mol. The second-order valence-corrected chi connectivity index (χ2v) is 14.1. The second kappa shape index (κ2) is 10.8. The number of halogens is 1. The summed E-state index contributed by atoms with van der Waals surface area (Å²) in [5.74, 6) is 1.86. The van der Waals surface area contributed by atoms with Crippen molar-refractivity contribution in [2.45, 2.75) is 60.8 Å². The standard InChI is InChI=1S/2C5H11.C2H5.BrH.Sn/c2*1-4-5(2)3;1-2;;/h2*5H,1,4H2,2-3H3;1H2,2H3;1H;/q;;;;+1/p-1. The molecule has 0 aromatic heterocycles. The van der Waals surface area contributed by atoms with Crippen LogP contribution in [0.2, 0.25) is 13.3 Å². The first-order valence-electron chi connectivity index (χ1n) is 5.89. The van der Waals surface area contributed by atoms with Gasteiger partial charge in [-0.2, -0.15) is 0 Å². The van der Waals surface area contributed by atoms with Gasteiger partial charge in [-0.05, 0) is 0 Å². The summed E-state index contributed by atoms with van der Waals surface area (Å²) < 4.78 is 4.86. The van der Waals surface area contributed by atoms with E-state index >= 15 is 0 Å². The molecule has 0 spiro atoms. The van der Waals surface area contributed by atoms with Gasteiger partial charge in [0.1, 0.15) is 0 Å². The minimum Gasteiger partial charge on any atom is -1.00 e. The van der Waals surface area contributed by atoms with Crippen molar-refractivity contribution >= 4 is 19.8 Å². The zero-order valence-electron chi connectivity index (χ0n) is 10.6. The van der Waals surface area contributed by atoms with Crippen LogP contribution in [0.5, 0.6) is 0 Å². The molecule has 0 heterocycles. The largest absolute Gasteiger partial charge is 1.00 e. The normalized spacial score (nSPS) is 10.5. The summed E-state index contributed by atoms with van der Waals surface area (Å²) in [6, 6.07) is 0. The Labute approximate surface area is 109 Å². The second-order valence-electron chi connectivity index (χ2n) is 4.97. The Morgan fingerprint density at radius 1 is 0.857 bits per heavy atom. The maximum Gasteiger partial charge on any atom is -1.00 e. The van der Waals surface area contributed by atoms with Crippen LogP contribution < -0.4 is 17.0 Å². The van der Waals surface area contributed by atoms with Gasteiger partial charge in [0, 0.05) is 0 Å². The Hall–Kier alpha value is 1.28. The average molecular weight is 370 g/mol. The third kappa shape index (κ3) is 11.4. The topological polar surface area (TPSA) is 0 Å². The van der Waals surface area contributed by atoms with Crippen LogP contribution in [0.4, 0.5) is 0 Å². The minimum absolute atomic E-state index is 0. The smallest absolute Gasteiger partial charge is 1.00 e. The van der Waals surface area contributed by atoms with E-state index in [0.29, 0.717) is 0 Å². The first kappa shape index (κ1) is 17.7. The van der Waals surface area contributed by atoms with Gasteiger partial charge in [0.2, 0.25) is 0 Å². The van der Waals surface area contributed by atoms with E-state index in [-0.39, 0.29) is 17.0 Å². The van der Waals surface area contributed by atoms with Gasteiger partial charge in [0.05, 0.1) is 0 Å². The molecule has 0 saturated heterocycles. The Balaban J connectivity index is 0. The van der Waals surface area contributed by atoms with Crippen LogP contribution in [0, 0.1) is 11.8 Å². The van der Waals surface area contributed by atoms with Crippen molar-refractivity contribution in [3.63, 3.8) is 0 Å². The number of hydrogen-bond acceptors (Lipinski definition) is 0. The van der Waals surface area contributed by atoms with E-state index in [9.17, 15) is 0 Å². The van der Waals surface area contributed by atoms with Gasteiger partial charge in [0.15, 0.2) is 0 Å². The van der Waals surface area contributed by atoms with E-state index in [1.807, 2.05) is 0 Å². The van der Waals surface area contributed by atoms with E-state index in [1.165, 1.54) is 12.8 Å². The van der Waals surface area contributed by atoms with Crippen LogP contribution in [0.3, 0.4) is 0 Å². The molecule has 0 radical (unpaired) electrons. The molecular formula is C12H27BrSn. The number of rotatable bonds is 7. The summed E-state index contributed by atoms with van der Waals surface area (Å²) in [6.07, 6.45) is 3.00. The SMILES string of the molecule is C[CH2][Sn+]([CH2]CC(C)C)[CH2]CC(C)C.[Br-]. The molecule has 0 fully saturated rings. The summed E-state index contributed by atoms with van der Waals surface area (Å²) >= 11 is -0.873. The molecule has 0 aromatic rings. The van der Waals surface area contributed by atoms with Crippen molar-refractivity contribution in [1.29, 1.82) is 0 Å². The molecule has 2 heteroatoms. The Morgan fingerprint density at radius 2 is 1.21 bits per heavy atom. The Morgan fingerprint density at radius 3 is 1.43 bits per heavy atom. The molecule has 86 valence electrons. The van der Waals surface area contributed by atoms with Gasteiger partial charge in [-0.1, -0.05) is 0 Å².